The molecule has 1 aliphatic rings. The van der Waals surface area contributed by atoms with Gasteiger partial charge in [0.15, 0.2) is 5.70 Å². The highest BCUT2D eigenvalue weighted by Crippen LogP contribution is 2.32. The number of hydrogen-bond acceptors (Lipinski definition) is 6. The van der Waals surface area contributed by atoms with Crippen LogP contribution in [0.15, 0.2) is 40.7 Å². The number of unbranched alkanes of at least 4 members (excludes halogenated alkanes) is 1. The lowest BCUT2D eigenvalue weighted by Gasteiger charge is -2.27. The molecule has 28 heavy (non-hydrogen) atoms. The standard InChI is InChI=1S/C22H26N4O2/c1-2-3-4-16-5-9-18(10-6-16)22(27)28-19-11-7-17(8-12-19)15-26-21(14-24)20(25)13-23/h7-8,11-12,15-16,18H,2-6,9-10,25H2,1H3. The van der Waals surface area contributed by atoms with E-state index >= 15 is 0 Å². The number of esters is 1. The molecule has 1 saturated carbocycles. The van der Waals surface area contributed by atoms with Gasteiger partial charge < -0.3 is 10.5 Å². The maximum absolute atomic E-state index is 12.4. The quantitative estimate of drug-likeness (QED) is 0.330. The molecule has 0 aliphatic heterocycles. The van der Waals surface area contributed by atoms with Gasteiger partial charge >= 0.3 is 5.97 Å². The van der Waals surface area contributed by atoms with E-state index in [1.54, 1.807) is 36.4 Å². The molecule has 0 amide bonds. The van der Waals surface area contributed by atoms with Crippen molar-refractivity contribution in [2.45, 2.75) is 51.9 Å². The molecule has 1 aliphatic carbocycles. The Balaban J connectivity index is 1.88. The van der Waals surface area contributed by atoms with Gasteiger partial charge in [0, 0.05) is 6.21 Å². The van der Waals surface area contributed by atoms with Crippen LogP contribution in [0, 0.1) is 34.5 Å². The zero-order chi connectivity index (χ0) is 20.4. The van der Waals surface area contributed by atoms with Gasteiger partial charge in [-0.25, -0.2) is 4.99 Å². The number of benzene rings is 1. The summed E-state index contributed by atoms with van der Waals surface area (Å²) in [6, 6.07) is 10.3. The van der Waals surface area contributed by atoms with E-state index in [1.807, 2.05) is 0 Å². The average Bonchev–Trinajstić information content (AvgIpc) is 2.73. The average molecular weight is 378 g/mol. The molecule has 0 bridgehead atoms. The molecule has 0 saturated heterocycles. The number of aliphatic imine (C=N–C) groups is 1. The van der Waals surface area contributed by atoms with E-state index in [2.05, 4.69) is 11.9 Å². The summed E-state index contributed by atoms with van der Waals surface area (Å²) < 4.78 is 5.52. The van der Waals surface area contributed by atoms with Gasteiger partial charge in [0.1, 0.15) is 23.6 Å². The van der Waals surface area contributed by atoms with Crippen LogP contribution < -0.4 is 10.5 Å². The van der Waals surface area contributed by atoms with Crippen LogP contribution in [0.2, 0.25) is 0 Å². The van der Waals surface area contributed by atoms with Crippen molar-refractivity contribution in [2.75, 3.05) is 0 Å². The summed E-state index contributed by atoms with van der Waals surface area (Å²) in [5.74, 6) is 1.07. The third-order valence-electron chi connectivity index (χ3n) is 5.07. The van der Waals surface area contributed by atoms with Gasteiger partial charge in [0.25, 0.3) is 0 Å². The number of hydrogen-bond donors (Lipinski definition) is 1. The van der Waals surface area contributed by atoms with Gasteiger partial charge in [-0.1, -0.05) is 26.2 Å². The second kappa shape index (κ2) is 10.9. The minimum absolute atomic E-state index is 0.0172. The molecule has 6 nitrogen and oxygen atoms in total. The summed E-state index contributed by atoms with van der Waals surface area (Å²) in [5.41, 5.74) is 5.74. The van der Waals surface area contributed by atoms with E-state index in [1.165, 1.54) is 25.5 Å². The highest BCUT2D eigenvalue weighted by Gasteiger charge is 2.27. The number of allylic oxidation sites excluding steroid dienone is 2. The Morgan fingerprint density at radius 2 is 1.89 bits per heavy atom. The number of nitriles is 2. The predicted molar refractivity (Wildman–Crippen MR) is 107 cm³/mol. The minimum Gasteiger partial charge on any atom is -0.426 e. The SMILES string of the molecule is CCCCC1CCC(C(=O)Oc2ccc(C=NC(C#N)=C(N)C#N)cc2)CC1. The summed E-state index contributed by atoms with van der Waals surface area (Å²) in [4.78, 5) is 16.3. The van der Waals surface area contributed by atoms with Crippen LogP contribution in [0.3, 0.4) is 0 Å². The van der Waals surface area contributed by atoms with Crippen molar-refractivity contribution >= 4 is 12.2 Å². The largest absolute Gasteiger partial charge is 0.426 e. The third-order valence-corrected chi connectivity index (χ3v) is 5.07. The lowest BCUT2D eigenvalue weighted by atomic mass is 9.80. The van der Waals surface area contributed by atoms with E-state index < -0.39 is 0 Å². The molecule has 0 atom stereocenters. The maximum Gasteiger partial charge on any atom is 0.314 e. The molecule has 0 radical (unpaired) electrons. The van der Waals surface area contributed by atoms with E-state index in [-0.39, 0.29) is 23.3 Å². The summed E-state index contributed by atoms with van der Waals surface area (Å²) in [5, 5.41) is 17.6. The number of carbonyl (C=O) groups is 1. The molecule has 146 valence electrons. The molecule has 1 aromatic carbocycles. The van der Waals surface area contributed by atoms with Crippen LogP contribution in [-0.2, 0) is 4.79 Å². The summed E-state index contributed by atoms with van der Waals surface area (Å²) in [6.45, 7) is 2.21. The van der Waals surface area contributed by atoms with Gasteiger partial charge in [0.05, 0.1) is 5.92 Å². The molecular formula is C22H26N4O2. The Hall–Kier alpha value is -3.12. The summed E-state index contributed by atoms with van der Waals surface area (Å²) >= 11 is 0. The highest BCUT2D eigenvalue weighted by atomic mass is 16.5. The second-order valence-electron chi connectivity index (χ2n) is 7.09. The van der Waals surface area contributed by atoms with E-state index in [4.69, 9.17) is 21.0 Å². The molecule has 2 N–H and O–H groups in total. The zero-order valence-corrected chi connectivity index (χ0v) is 16.2. The number of nitrogens with zero attached hydrogens (tertiary/aromatic N) is 3. The van der Waals surface area contributed by atoms with Crippen LogP contribution in [-0.4, -0.2) is 12.2 Å². The smallest absolute Gasteiger partial charge is 0.314 e. The number of carbonyl (C=O) groups excluding carboxylic acids is 1. The molecule has 0 spiro atoms. The van der Waals surface area contributed by atoms with E-state index in [0.717, 1.165) is 31.6 Å². The molecule has 2 rings (SSSR count). The molecule has 1 fully saturated rings. The van der Waals surface area contributed by atoms with Gasteiger partial charge in [-0.05, 0) is 61.4 Å². The maximum atomic E-state index is 12.4. The monoisotopic (exact) mass is 378 g/mol. The van der Waals surface area contributed by atoms with Gasteiger partial charge in [-0.3, -0.25) is 4.79 Å². The third kappa shape index (κ3) is 6.25. The highest BCUT2D eigenvalue weighted by molar-refractivity contribution is 5.81. The Labute approximate surface area is 166 Å². The fourth-order valence-corrected chi connectivity index (χ4v) is 3.35. The van der Waals surface area contributed by atoms with Crippen molar-refractivity contribution in [1.29, 1.82) is 10.5 Å². The fourth-order valence-electron chi connectivity index (χ4n) is 3.35. The molecule has 6 heteroatoms. The van der Waals surface area contributed by atoms with Crippen LogP contribution in [0.25, 0.3) is 0 Å². The summed E-state index contributed by atoms with van der Waals surface area (Å²) in [6.07, 6.45) is 9.22. The first-order valence-corrected chi connectivity index (χ1v) is 9.73. The van der Waals surface area contributed by atoms with Gasteiger partial charge in [0.2, 0.25) is 0 Å². The first kappa shape index (κ1) is 21.2. The minimum atomic E-state index is -0.228. The first-order chi connectivity index (χ1) is 13.6. The van der Waals surface area contributed by atoms with Crippen molar-refractivity contribution in [3.8, 4) is 17.9 Å². The molecular weight excluding hydrogens is 352 g/mol. The second-order valence-corrected chi connectivity index (χ2v) is 7.09. The predicted octanol–water partition coefficient (Wildman–Crippen LogP) is 4.22. The van der Waals surface area contributed by atoms with Crippen LogP contribution in [0.1, 0.15) is 57.4 Å². The number of nitrogens with two attached hydrogens (primary N) is 1. The lowest BCUT2D eigenvalue weighted by Crippen LogP contribution is -2.25. The van der Waals surface area contributed by atoms with Crippen LogP contribution in [0.5, 0.6) is 5.75 Å². The van der Waals surface area contributed by atoms with Crippen molar-refractivity contribution in [3.63, 3.8) is 0 Å². The van der Waals surface area contributed by atoms with Crippen LogP contribution >= 0.6 is 0 Å². The topological polar surface area (TPSA) is 112 Å². The van der Waals surface area contributed by atoms with Crippen molar-refractivity contribution in [2.24, 2.45) is 22.6 Å². The molecule has 0 heterocycles. The number of ether oxygens (including phenoxy) is 1. The fraction of sp³-hybridized carbons (Fsp3) is 0.455. The van der Waals surface area contributed by atoms with Crippen molar-refractivity contribution in [1.82, 2.24) is 0 Å². The van der Waals surface area contributed by atoms with Gasteiger partial charge in [-0.15, -0.1) is 0 Å². The Bertz CT molecular complexity index is 804. The van der Waals surface area contributed by atoms with Gasteiger partial charge in [-0.2, -0.15) is 10.5 Å². The first-order valence-electron chi connectivity index (χ1n) is 9.73. The zero-order valence-electron chi connectivity index (χ0n) is 16.2. The van der Waals surface area contributed by atoms with Crippen LogP contribution in [0.4, 0.5) is 0 Å². The number of rotatable bonds is 7. The summed E-state index contributed by atoms with van der Waals surface area (Å²) in [7, 11) is 0. The molecule has 0 aromatic heterocycles. The van der Waals surface area contributed by atoms with E-state index in [0.29, 0.717) is 11.3 Å². The lowest BCUT2D eigenvalue weighted by molar-refractivity contribution is -0.140. The Morgan fingerprint density at radius 3 is 2.46 bits per heavy atom. The van der Waals surface area contributed by atoms with E-state index in [9.17, 15) is 4.79 Å². The van der Waals surface area contributed by atoms with Crippen molar-refractivity contribution in [3.05, 3.63) is 41.2 Å². The Morgan fingerprint density at radius 1 is 1.21 bits per heavy atom. The molecule has 0 unspecified atom stereocenters. The Kier molecular flexibility index (Phi) is 8.24. The molecule has 1 aromatic rings. The normalized spacial score (nSPS) is 20.1. The van der Waals surface area contributed by atoms with Crippen molar-refractivity contribution < 1.29 is 9.53 Å².